The molecule has 0 spiro atoms. The predicted octanol–water partition coefficient (Wildman–Crippen LogP) is 2.18. The van der Waals surface area contributed by atoms with Gasteiger partial charge in [-0.05, 0) is 19.1 Å². The van der Waals surface area contributed by atoms with Crippen molar-refractivity contribution in [1.29, 1.82) is 0 Å². The van der Waals surface area contributed by atoms with Crippen LogP contribution in [0.4, 0.5) is 5.13 Å². The molecule has 3 rings (SSSR count). The molecule has 1 aromatic heterocycles. The van der Waals surface area contributed by atoms with E-state index in [2.05, 4.69) is 10.3 Å². The van der Waals surface area contributed by atoms with E-state index in [1.54, 1.807) is 29.2 Å². The topological polar surface area (TPSA) is 71.5 Å². The van der Waals surface area contributed by atoms with Crippen molar-refractivity contribution in [3.63, 3.8) is 0 Å². The first-order valence-electron chi connectivity index (χ1n) is 7.36. The van der Waals surface area contributed by atoms with Crippen LogP contribution >= 0.6 is 11.3 Å². The second kappa shape index (κ2) is 6.89. The average molecular weight is 331 g/mol. The van der Waals surface area contributed by atoms with Crippen LogP contribution in [0.3, 0.4) is 0 Å². The molecule has 1 aliphatic rings. The summed E-state index contributed by atoms with van der Waals surface area (Å²) in [7, 11) is 0. The molecule has 6 nitrogen and oxygen atoms in total. The van der Waals surface area contributed by atoms with E-state index in [1.165, 1.54) is 11.3 Å². The van der Waals surface area contributed by atoms with Gasteiger partial charge in [-0.1, -0.05) is 18.2 Å². The number of hydrogen-bond donors (Lipinski definition) is 1. The van der Waals surface area contributed by atoms with Gasteiger partial charge in [0.1, 0.15) is 5.69 Å². The fourth-order valence-corrected chi connectivity index (χ4v) is 3.12. The summed E-state index contributed by atoms with van der Waals surface area (Å²) in [5.74, 6) is -0.341. The number of aryl methyl sites for hydroxylation is 1. The number of hydrogen-bond acceptors (Lipinski definition) is 5. The largest absolute Gasteiger partial charge is 0.378 e. The summed E-state index contributed by atoms with van der Waals surface area (Å²) < 4.78 is 5.25. The number of aromatic nitrogens is 1. The van der Waals surface area contributed by atoms with Crippen LogP contribution in [-0.2, 0) is 4.74 Å². The quantitative estimate of drug-likeness (QED) is 0.936. The lowest BCUT2D eigenvalue weighted by molar-refractivity contribution is 0.0299. The number of nitrogens with one attached hydrogen (secondary N) is 1. The van der Waals surface area contributed by atoms with Gasteiger partial charge in [-0.15, -0.1) is 11.3 Å². The maximum Gasteiger partial charge on any atom is 0.273 e. The number of carbonyl (C=O) groups excluding carboxylic acids is 2. The van der Waals surface area contributed by atoms with Crippen molar-refractivity contribution in [2.24, 2.45) is 0 Å². The number of rotatable bonds is 3. The SMILES string of the molecule is Cc1sc(NC(=O)c2ccccc2)nc1C(=O)N1CCOCC1. The number of amides is 2. The van der Waals surface area contributed by atoms with Crippen LogP contribution in [0.15, 0.2) is 30.3 Å². The van der Waals surface area contributed by atoms with E-state index in [4.69, 9.17) is 4.74 Å². The molecule has 23 heavy (non-hydrogen) atoms. The van der Waals surface area contributed by atoms with Gasteiger partial charge < -0.3 is 9.64 Å². The van der Waals surface area contributed by atoms with Gasteiger partial charge in [0.15, 0.2) is 5.13 Å². The summed E-state index contributed by atoms with van der Waals surface area (Å²) in [4.78, 5) is 31.5. The number of morpholine rings is 1. The molecule has 0 bridgehead atoms. The van der Waals surface area contributed by atoms with Gasteiger partial charge in [-0.2, -0.15) is 0 Å². The van der Waals surface area contributed by atoms with Crippen molar-refractivity contribution in [3.05, 3.63) is 46.5 Å². The third kappa shape index (κ3) is 3.57. The first kappa shape index (κ1) is 15.6. The number of benzene rings is 1. The van der Waals surface area contributed by atoms with Crippen molar-refractivity contribution in [3.8, 4) is 0 Å². The number of thiazole rings is 1. The first-order chi connectivity index (χ1) is 11.1. The van der Waals surface area contributed by atoms with Gasteiger partial charge in [0.05, 0.1) is 13.2 Å². The zero-order valence-electron chi connectivity index (χ0n) is 12.7. The van der Waals surface area contributed by atoms with Gasteiger partial charge in [-0.25, -0.2) is 4.98 Å². The molecule has 1 aliphatic heterocycles. The highest BCUT2D eigenvalue weighted by Gasteiger charge is 2.23. The van der Waals surface area contributed by atoms with E-state index in [-0.39, 0.29) is 11.8 Å². The molecule has 2 amide bonds. The van der Waals surface area contributed by atoms with Crippen molar-refractivity contribution in [1.82, 2.24) is 9.88 Å². The van der Waals surface area contributed by atoms with Crippen molar-refractivity contribution in [2.75, 3.05) is 31.6 Å². The van der Waals surface area contributed by atoms with Crippen LogP contribution in [0.25, 0.3) is 0 Å². The lowest BCUT2D eigenvalue weighted by Crippen LogP contribution is -2.41. The van der Waals surface area contributed by atoms with Crippen LogP contribution in [0.2, 0.25) is 0 Å². The molecule has 0 aliphatic carbocycles. The Morgan fingerprint density at radius 1 is 1.22 bits per heavy atom. The summed E-state index contributed by atoms with van der Waals surface area (Å²) >= 11 is 1.31. The summed E-state index contributed by atoms with van der Waals surface area (Å²) in [5.41, 5.74) is 0.960. The van der Waals surface area contributed by atoms with E-state index in [0.29, 0.717) is 42.7 Å². The third-order valence-electron chi connectivity index (χ3n) is 3.55. The lowest BCUT2D eigenvalue weighted by Gasteiger charge is -2.26. The summed E-state index contributed by atoms with van der Waals surface area (Å²) in [6.45, 7) is 4.07. The Labute approximate surface area is 138 Å². The Morgan fingerprint density at radius 3 is 2.61 bits per heavy atom. The second-order valence-electron chi connectivity index (χ2n) is 5.15. The first-order valence-corrected chi connectivity index (χ1v) is 8.17. The number of nitrogens with zero attached hydrogens (tertiary/aromatic N) is 2. The van der Waals surface area contributed by atoms with E-state index in [0.717, 1.165) is 4.88 Å². The molecule has 1 fully saturated rings. The Hall–Kier alpha value is -2.25. The summed E-state index contributed by atoms with van der Waals surface area (Å²) in [6, 6.07) is 8.92. The maximum atomic E-state index is 12.5. The molecule has 0 saturated carbocycles. The zero-order valence-corrected chi connectivity index (χ0v) is 13.6. The monoisotopic (exact) mass is 331 g/mol. The van der Waals surface area contributed by atoms with Crippen LogP contribution in [-0.4, -0.2) is 48.0 Å². The van der Waals surface area contributed by atoms with Gasteiger partial charge in [0.25, 0.3) is 11.8 Å². The van der Waals surface area contributed by atoms with Gasteiger partial charge in [0.2, 0.25) is 0 Å². The van der Waals surface area contributed by atoms with E-state index < -0.39 is 0 Å². The molecule has 2 aromatic rings. The standard InChI is InChI=1S/C16H17N3O3S/c1-11-13(15(21)19-7-9-22-10-8-19)17-16(23-11)18-14(20)12-5-3-2-4-6-12/h2-6H,7-10H2,1H3,(H,17,18,20). The van der Waals surface area contributed by atoms with Gasteiger partial charge >= 0.3 is 0 Å². The molecule has 0 radical (unpaired) electrons. The molecule has 0 unspecified atom stereocenters. The smallest absolute Gasteiger partial charge is 0.273 e. The molecule has 120 valence electrons. The molecule has 0 atom stereocenters. The van der Waals surface area contributed by atoms with Crippen molar-refractivity contribution >= 4 is 28.3 Å². The number of ether oxygens (including phenoxy) is 1. The van der Waals surface area contributed by atoms with Crippen LogP contribution in [0, 0.1) is 6.92 Å². The van der Waals surface area contributed by atoms with Crippen molar-refractivity contribution in [2.45, 2.75) is 6.92 Å². The Balaban J connectivity index is 1.73. The van der Waals surface area contributed by atoms with Gasteiger partial charge in [-0.3, -0.25) is 14.9 Å². The van der Waals surface area contributed by atoms with Crippen LogP contribution in [0.5, 0.6) is 0 Å². The predicted molar refractivity (Wildman–Crippen MR) is 88.0 cm³/mol. The van der Waals surface area contributed by atoms with Crippen LogP contribution in [0.1, 0.15) is 25.7 Å². The summed E-state index contributed by atoms with van der Waals surface area (Å²) in [6.07, 6.45) is 0. The second-order valence-corrected chi connectivity index (χ2v) is 6.35. The van der Waals surface area contributed by atoms with E-state index in [1.807, 2.05) is 13.0 Å². The van der Waals surface area contributed by atoms with Gasteiger partial charge in [0, 0.05) is 23.5 Å². The minimum atomic E-state index is -0.232. The maximum absolute atomic E-state index is 12.5. The molecular weight excluding hydrogens is 314 g/mol. The minimum absolute atomic E-state index is 0.109. The van der Waals surface area contributed by atoms with E-state index in [9.17, 15) is 9.59 Å². The van der Waals surface area contributed by atoms with Crippen molar-refractivity contribution < 1.29 is 14.3 Å². The number of carbonyl (C=O) groups is 2. The normalized spacial score (nSPS) is 14.6. The Morgan fingerprint density at radius 2 is 1.91 bits per heavy atom. The molecule has 1 saturated heterocycles. The van der Waals surface area contributed by atoms with Crippen LogP contribution < -0.4 is 5.32 Å². The number of anilines is 1. The van der Waals surface area contributed by atoms with E-state index >= 15 is 0 Å². The molecule has 2 heterocycles. The lowest BCUT2D eigenvalue weighted by atomic mass is 10.2. The molecular formula is C16H17N3O3S. The zero-order chi connectivity index (χ0) is 16.2. The Bertz CT molecular complexity index is 709. The summed E-state index contributed by atoms with van der Waals surface area (Å²) in [5, 5.41) is 3.19. The molecule has 1 N–H and O–H groups in total. The molecule has 1 aromatic carbocycles. The highest BCUT2D eigenvalue weighted by atomic mass is 32.1. The highest BCUT2D eigenvalue weighted by Crippen LogP contribution is 2.24. The fourth-order valence-electron chi connectivity index (χ4n) is 2.32. The average Bonchev–Trinajstić information content (AvgIpc) is 2.96. The third-order valence-corrected chi connectivity index (χ3v) is 4.44. The highest BCUT2D eigenvalue weighted by molar-refractivity contribution is 7.16. The fraction of sp³-hybridized carbons (Fsp3) is 0.312. The molecule has 7 heteroatoms. The minimum Gasteiger partial charge on any atom is -0.378 e. The Kier molecular flexibility index (Phi) is 4.68.